The highest BCUT2D eigenvalue weighted by Crippen LogP contribution is 2.32. The van der Waals surface area contributed by atoms with Gasteiger partial charge in [0.05, 0.1) is 18.1 Å². The predicted molar refractivity (Wildman–Crippen MR) is 100 cm³/mol. The van der Waals surface area contributed by atoms with Crippen LogP contribution in [-0.4, -0.2) is 41.6 Å². The van der Waals surface area contributed by atoms with Gasteiger partial charge in [-0.25, -0.2) is 15.0 Å². The number of aromatic amines is 1. The van der Waals surface area contributed by atoms with Gasteiger partial charge in [-0.1, -0.05) is 17.8 Å². The summed E-state index contributed by atoms with van der Waals surface area (Å²) in [4.78, 5) is 19.1. The summed E-state index contributed by atoms with van der Waals surface area (Å²) < 4.78 is 0. The van der Waals surface area contributed by atoms with Gasteiger partial charge in [-0.15, -0.1) is 10.2 Å². The number of rotatable bonds is 5. The van der Waals surface area contributed by atoms with E-state index in [1.807, 2.05) is 26.1 Å². The van der Waals surface area contributed by atoms with E-state index in [4.69, 9.17) is 4.98 Å². The van der Waals surface area contributed by atoms with Crippen molar-refractivity contribution in [3.05, 3.63) is 40.8 Å². The van der Waals surface area contributed by atoms with Gasteiger partial charge in [-0.2, -0.15) is 0 Å². The molecule has 136 valence electrons. The molecule has 1 fully saturated rings. The molecule has 0 spiro atoms. The summed E-state index contributed by atoms with van der Waals surface area (Å²) in [6.07, 6.45) is 7.15. The molecular formula is C17H22N8S. The first kappa shape index (κ1) is 17.0. The van der Waals surface area contributed by atoms with Crippen LogP contribution in [0.3, 0.4) is 0 Å². The molecule has 4 heterocycles. The SMILES string of the molecule is Cc1nc(Nc2nnc(C)s2)cc(C2CCCCN2Cc2cnc[nH]2)n1. The van der Waals surface area contributed by atoms with Crippen LogP contribution in [0.2, 0.25) is 0 Å². The second-order valence-electron chi connectivity index (χ2n) is 6.54. The molecular weight excluding hydrogens is 348 g/mol. The minimum atomic E-state index is 0.283. The summed E-state index contributed by atoms with van der Waals surface area (Å²) in [5, 5.41) is 13.1. The largest absolute Gasteiger partial charge is 0.347 e. The fourth-order valence-electron chi connectivity index (χ4n) is 3.39. The standard InChI is InChI=1S/C17H22N8S/c1-11-20-14(7-16(21-11)22-17-24-23-12(2)26-17)15-5-3-4-6-25(15)9-13-8-18-10-19-13/h7-8,10,15H,3-6,9H2,1-2H3,(H,18,19)(H,20,21,22,24). The van der Waals surface area contributed by atoms with E-state index < -0.39 is 0 Å². The van der Waals surface area contributed by atoms with Crippen molar-refractivity contribution < 1.29 is 0 Å². The maximum absolute atomic E-state index is 4.73. The zero-order chi connectivity index (χ0) is 17.9. The summed E-state index contributed by atoms with van der Waals surface area (Å²) in [7, 11) is 0. The normalized spacial score (nSPS) is 18.2. The zero-order valence-corrected chi connectivity index (χ0v) is 15.8. The molecule has 9 heteroatoms. The van der Waals surface area contributed by atoms with Gasteiger partial charge in [0.1, 0.15) is 16.6 Å². The third-order valence-electron chi connectivity index (χ3n) is 4.50. The summed E-state index contributed by atoms with van der Waals surface area (Å²) in [5.74, 6) is 1.54. The van der Waals surface area contributed by atoms with E-state index in [0.717, 1.165) is 52.7 Å². The quantitative estimate of drug-likeness (QED) is 0.712. The van der Waals surface area contributed by atoms with E-state index in [9.17, 15) is 0 Å². The molecule has 26 heavy (non-hydrogen) atoms. The molecule has 1 atom stereocenters. The molecule has 0 aromatic carbocycles. The van der Waals surface area contributed by atoms with Gasteiger partial charge in [0.2, 0.25) is 5.13 Å². The molecule has 4 rings (SSSR count). The van der Waals surface area contributed by atoms with Crippen molar-refractivity contribution in [1.29, 1.82) is 0 Å². The van der Waals surface area contributed by atoms with Gasteiger partial charge in [-0.3, -0.25) is 4.90 Å². The average Bonchev–Trinajstić information content (AvgIpc) is 3.27. The Labute approximate surface area is 156 Å². The summed E-state index contributed by atoms with van der Waals surface area (Å²) in [5.41, 5.74) is 2.19. The summed E-state index contributed by atoms with van der Waals surface area (Å²) in [6, 6.07) is 2.32. The van der Waals surface area contributed by atoms with Gasteiger partial charge in [0, 0.05) is 24.5 Å². The number of nitrogens with one attached hydrogen (secondary N) is 2. The van der Waals surface area contributed by atoms with Crippen LogP contribution in [0.15, 0.2) is 18.6 Å². The van der Waals surface area contributed by atoms with Crippen LogP contribution in [0.4, 0.5) is 10.9 Å². The fourth-order valence-corrected chi connectivity index (χ4v) is 3.99. The number of H-pyrrole nitrogens is 1. The smallest absolute Gasteiger partial charge is 0.211 e. The lowest BCUT2D eigenvalue weighted by Crippen LogP contribution is -2.33. The Morgan fingerprint density at radius 3 is 2.96 bits per heavy atom. The lowest BCUT2D eigenvalue weighted by atomic mass is 9.98. The molecule has 1 unspecified atom stereocenters. The number of hydrogen-bond acceptors (Lipinski definition) is 8. The maximum Gasteiger partial charge on any atom is 0.211 e. The van der Waals surface area contributed by atoms with Crippen LogP contribution in [0.25, 0.3) is 0 Å². The number of nitrogens with zero attached hydrogens (tertiary/aromatic N) is 6. The van der Waals surface area contributed by atoms with Crippen molar-refractivity contribution in [2.45, 2.75) is 45.7 Å². The Morgan fingerprint density at radius 1 is 1.27 bits per heavy atom. The minimum Gasteiger partial charge on any atom is -0.347 e. The van der Waals surface area contributed by atoms with Gasteiger partial charge in [-0.05, 0) is 33.2 Å². The molecule has 0 saturated carbocycles. The van der Waals surface area contributed by atoms with Gasteiger partial charge in [0.15, 0.2) is 0 Å². The van der Waals surface area contributed by atoms with E-state index in [1.54, 1.807) is 6.33 Å². The molecule has 2 N–H and O–H groups in total. The van der Waals surface area contributed by atoms with Gasteiger partial charge < -0.3 is 10.3 Å². The number of anilines is 2. The van der Waals surface area contributed by atoms with E-state index >= 15 is 0 Å². The maximum atomic E-state index is 4.73. The zero-order valence-electron chi connectivity index (χ0n) is 14.9. The molecule has 3 aromatic heterocycles. The van der Waals surface area contributed by atoms with E-state index in [-0.39, 0.29) is 6.04 Å². The lowest BCUT2D eigenvalue weighted by molar-refractivity contribution is 0.135. The molecule has 0 amide bonds. The van der Waals surface area contributed by atoms with Crippen molar-refractivity contribution in [2.24, 2.45) is 0 Å². The van der Waals surface area contributed by atoms with Crippen LogP contribution in [0.1, 0.15) is 47.5 Å². The Hall–Kier alpha value is -2.39. The first-order valence-electron chi connectivity index (χ1n) is 8.81. The Bertz CT molecular complexity index is 860. The number of aryl methyl sites for hydroxylation is 2. The lowest BCUT2D eigenvalue weighted by Gasteiger charge is -2.35. The first-order valence-corrected chi connectivity index (χ1v) is 9.63. The molecule has 0 radical (unpaired) electrons. The van der Waals surface area contributed by atoms with Crippen molar-refractivity contribution in [1.82, 2.24) is 35.0 Å². The number of piperidine rings is 1. The van der Waals surface area contributed by atoms with E-state index in [1.165, 1.54) is 24.2 Å². The fraction of sp³-hybridized carbons (Fsp3) is 0.471. The molecule has 1 aliphatic heterocycles. The highest BCUT2D eigenvalue weighted by molar-refractivity contribution is 7.15. The average molecular weight is 370 g/mol. The third kappa shape index (κ3) is 3.88. The molecule has 1 saturated heterocycles. The van der Waals surface area contributed by atoms with Crippen molar-refractivity contribution in [2.75, 3.05) is 11.9 Å². The first-order chi connectivity index (χ1) is 12.7. The Kier molecular flexibility index (Phi) is 4.89. The van der Waals surface area contributed by atoms with E-state index in [0.29, 0.717) is 0 Å². The van der Waals surface area contributed by atoms with Gasteiger partial charge >= 0.3 is 0 Å². The minimum absolute atomic E-state index is 0.283. The number of likely N-dealkylation sites (tertiary alicyclic amines) is 1. The number of aromatic nitrogens is 6. The third-order valence-corrected chi connectivity index (χ3v) is 5.26. The highest BCUT2D eigenvalue weighted by atomic mass is 32.1. The topological polar surface area (TPSA) is 95.5 Å². The van der Waals surface area contributed by atoms with Crippen molar-refractivity contribution in [3.63, 3.8) is 0 Å². The summed E-state index contributed by atoms with van der Waals surface area (Å²) in [6.45, 7) is 5.79. The molecule has 0 aliphatic carbocycles. The highest BCUT2D eigenvalue weighted by Gasteiger charge is 2.26. The van der Waals surface area contributed by atoms with E-state index in [2.05, 4.69) is 35.4 Å². The predicted octanol–water partition coefficient (Wildman–Crippen LogP) is 3.14. The van der Waals surface area contributed by atoms with Crippen LogP contribution in [-0.2, 0) is 6.54 Å². The molecule has 3 aromatic rings. The van der Waals surface area contributed by atoms with Crippen LogP contribution in [0, 0.1) is 13.8 Å². The molecule has 0 bridgehead atoms. The van der Waals surface area contributed by atoms with Gasteiger partial charge in [0.25, 0.3) is 0 Å². The van der Waals surface area contributed by atoms with Crippen LogP contribution >= 0.6 is 11.3 Å². The van der Waals surface area contributed by atoms with Crippen molar-refractivity contribution in [3.8, 4) is 0 Å². The Morgan fingerprint density at radius 2 is 2.19 bits per heavy atom. The second-order valence-corrected chi connectivity index (χ2v) is 7.72. The number of imidazole rings is 1. The van der Waals surface area contributed by atoms with Crippen LogP contribution in [0.5, 0.6) is 0 Å². The molecule has 1 aliphatic rings. The number of hydrogen-bond donors (Lipinski definition) is 2. The monoisotopic (exact) mass is 370 g/mol. The summed E-state index contributed by atoms with van der Waals surface area (Å²) >= 11 is 1.52. The van der Waals surface area contributed by atoms with Crippen molar-refractivity contribution >= 4 is 22.3 Å². The Balaban J connectivity index is 1.58. The molecule has 8 nitrogen and oxygen atoms in total. The second kappa shape index (κ2) is 7.46. The van der Waals surface area contributed by atoms with Crippen LogP contribution < -0.4 is 5.32 Å².